The second kappa shape index (κ2) is 7.03. The van der Waals surface area contributed by atoms with E-state index in [0.717, 1.165) is 12.8 Å². The zero-order valence-electron chi connectivity index (χ0n) is 17.1. The molecule has 5 rings (SSSR count). The van der Waals surface area contributed by atoms with Crippen LogP contribution in [0, 0.1) is 11.6 Å². The predicted octanol–water partition coefficient (Wildman–Crippen LogP) is 4.67. The van der Waals surface area contributed by atoms with Gasteiger partial charge in [-0.3, -0.25) is 4.90 Å². The van der Waals surface area contributed by atoms with Crippen LogP contribution in [0.2, 0.25) is 5.28 Å². The molecule has 0 radical (unpaired) electrons. The number of piperazine rings is 1. The van der Waals surface area contributed by atoms with Gasteiger partial charge in [0.25, 0.3) is 0 Å². The van der Waals surface area contributed by atoms with Crippen molar-refractivity contribution in [2.24, 2.45) is 0 Å². The Kier molecular flexibility index (Phi) is 4.75. The Balaban J connectivity index is 1.62. The third-order valence-corrected chi connectivity index (χ3v) is 6.82. The number of hydrogen-bond donors (Lipinski definition) is 0. The van der Waals surface area contributed by atoms with Crippen molar-refractivity contribution in [3.63, 3.8) is 0 Å². The zero-order chi connectivity index (χ0) is 22.2. The van der Waals surface area contributed by atoms with E-state index in [9.17, 15) is 13.6 Å². The molecule has 3 aliphatic rings. The van der Waals surface area contributed by atoms with Gasteiger partial charge < -0.3 is 14.4 Å². The summed E-state index contributed by atoms with van der Waals surface area (Å²) in [6.45, 7) is 5.98. The van der Waals surface area contributed by atoms with Crippen LogP contribution in [-0.2, 0) is 4.74 Å². The fourth-order valence-corrected chi connectivity index (χ4v) is 5.33. The van der Waals surface area contributed by atoms with E-state index in [4.69, 9.17) is 21.1 Å². The highest BCUT2D eigenvalue weighted by Gasteiger charge is 2.51. The lowest BCUT2D eigenvalue weighted by Crippen LogP contribution is -2.63. The molecule has 31 heavy (non-hydrogen) atoms. The van der Waals surface area contributed by atoms with Crippen LogP contribution >= 0.6 is 27.5 Å². The monoisotopic (exact) mass is 516 g/mol. The summed E-state index contributed by atoms with van der Waals surface area (Å²) in [5.74, 6) is -1.52. The van der Waals surface area contributed by atoms with Crippen LogP contribution in [0.1, 0.15) is 33.6 Å². The number of halogens is 4. The summed E-state index contributed by atoms with van der Waals surface area (Å²) >= 11 is 9.06. The van der Waals surface area contributed by atoms with Crippen molar-refractivity contribution in [3.8, 4) is 5.75 Å². The van der Waals surface area contributed by atoms with Crippen LogP contribution in [0.15, 0.2) is 4.47 Å². The molecule has 0 saturated carbocycles. The van der Waals surface area contributed by atoms with Crippen LogP contribution in [-0.4, -0.2) is 57.8 Å². The Bertz CT molecular complexity index is 1110. The fourth-order valence-electron chi connectivity index (χ4n) is 4.80. The smallest absolute Gasteiger partial charge is 0.410 e. The van der Waals surface area contributed by atoms with E-state index in [-0.39, 0.29) is 57.2 Å². The van der Waals surface area contributed by atoms with Gasteiger partial charge in [0.05, 0.1) is 28.0 Å². The van der Waals surface area contributed by atoms with Crippen molar-refractivity contribution in [1.29, 1.82) is 0 Å². The van der Waals surface area contributed by atoms with Gasteiger partial charge in [0.15, 0.2) is 17.4 Å². The number of aromatic nitrogens is 2. The maximum absolute atomic E-state index is 14.9. The summed E-state index contributed by atoms with van der Waals surface area (Å²) in [5.41, 5.74) is -0.732. The Labute approximate surface area is 190 Å². The molecule has 1 aromatic heterocycles. The second-order valence-corrected chi connectivity index (χ2v) is 10.2. The molecule has 7 nitrogen and oxygen atoms in total. The zero-order valence-corrected chi connectivity index (χ0v) is 19.4. The van der Waals surface area contributed by atoms with Crippen LogP contribution in [0.5, 0.6) is 5.75 Å². The maximum atomic E-state index is 14.9. The lowest BCUT2D eigenvalue weighted by atomic mass is 10.0. The summed E-state index contributed by atoms with van der Waals surface area (Å²) in [6, 6.07) is -0.663. The molecule has 2 fully saturated rings. The number of nitrogens with zero attached hydrogens (tertiary/aromatic N) is 4. The fraction of sp³-hybridized carbons (Fsp3) is 0.550. The van der Waals surface area contributed by atoms with Crippen LogP contribution in [0.25, 0.3) is 10.9 Å². The third-order valence-electron chi connectivity index (χ3n) is 5.96. The molecule has 0 N–H and O–H groups in total. The van der Waals surface area contributed by atoms with Gasteiger partial charge in [0.2, 0.25) is 5.28 Å². The number of rotatable bonds is 0. The van der Waals surface area contributed by atoms with Crippen molar-refractivity contribution in [2.45, 2.75) is 57.3 Å². The second-order valence-electron chi connectivity index (χ2n) is 9.03. The molecule has 0 spiro atoms. The summed E-state index contributed by atoms with van der Waals surface area (Å²) in [7, 11) is 0. The predicted molar refractivity (Wildman–Crippen MR) is 114 cm³/mol. The highest BCUT2D eigenvalue weighted by molar-refractivity contribution is 9.10. The van der Waals surface area contributed by atoms with Gasteiger partial charge in [-0.15, -0.1) is 0 Å². The molecule has 0 aliphatic carbocycles. The molecule has 11 heteroatoms. The number of benzene rings is 1. The van der Waals surface area contributed by atoms with Gasteiger partial charge in [-0.25, -0.2) is 18.6 Å². The number of carbonyl (C=O) groups is 1. The van der Waals surface area contributed by atoms with Gasteiger partial charge in [-0.2, -0.15) is 4.98 Å². The Morgan fingerprint density at radius 1 is 1.23 bits per heavy atom. The van der Waals surface area contributed by atoms with Gasteiger partial charge in [-0.1, -0.05) is 0 Å². The molecular weight excluding hydrogens is 498 g/mol. The normalized spacial score (nSPS) is 24.7. The first-order valence-electron chi connectivity index (χ1n) is 10.0. The van der Waals surface area contributed by atoms with Crippen molar-refractivity contribution >= 4 is 50.3 Å². The standard InChI is InChI=1S/C20H20BrClF2N4O3/c1-20(2,3)31-19(29)28-8-4-5-9(28)10-7-30-16-11-15(13(23)12(21)14(16)24)25-18(22)26-17(11)27(10)6-8/h8-10H,4-7H2,1-3H3/t8-,9+,10-/m1/s1. The largest absolute Gasteiger partial charge is 0.487 e. The first-order chi connectivity index (χ1) is 14.6. The summed E-state index contributed by atoms with van der Waals surface area (Å²) in [4.78, 5) is 25.0. The maximum Gasteiger partial charge on any atom is 0.410 e. The molecule has 2 saturated heterocycles. The first-order valence-corrected chi connectivity index (χ1v) is 11.2. The van der Waals surface area contributed by atoms with E-state index in [1.165, 1.54) is 0 Å². The average molecular weight is 518 g/mol. The van der Waals surface area contributed by atoms with Gasteiger partial charge in [0, 0.05) is 6.54 Å². The molecule has 2 aromatic rings. The van der Waals surface area contributed by atoms with Crippen molar-refractivity contribution in [3.05, 3.63) is 21.4 Å². The number of hydrogen-bond acceptors (Lipinski definition) is 6. The molecule has 1 aromatic carbocycles. The molecule has 1 amide bonds. The van der Waals surface area contributed by atoms with Crippen LogP contribution in [0.3, 0.4) is 0 Å². The molecule has 0 unspecified atom stereocenters. The van der Waals surface area contributed by atoms with Crippen molar-refractivity contribution < 1.29 is 23.0 Å². The summed E-state index contributed by atoms with van der Waals surface area (Å²) in [5, 5.41) is 0.00338. The minimum absolute atomic E-state index is 0.0920. The number of ether oxygens (including phenoxy) is 2. The first kappa shape index (κ1) is 20.9. The molecule has 3 aliphatic heterocycles. The molecule has 3 atom stereocenters. The molecule has 2 bridgehead atoms. The van der Waals surface area contributed by atoms with Crippen molar-refractivity contribution in [2.75, 3.05) is 18.1 Å². The molecular formula is C20H20BrClF2N4O3. The Morgan fingerprint density at radius 2 is 1.97 bits per heavy atom. The lowest BCUT2D eigenvalue weighted by molar-refractivity contribution is 0.00539. The highest BCUT2D eigenvalue weighted by atomic mass is 79.9. The SMILES string of the molecule is CC(C)(C)OC(=O)N1[C@@H]2CC[C@H]1[C@H]1COc3c(F)c(Br)c(F)c4nc(Cl)nc(c34)N1C2. The molecule has 166 valence electrons. The number of carbonyl (C=O) groups excluding carboxylic acids is 1. The highest BCUT2D eigenvalue weighted by Crippen LogP contribution is 2.46. The number of fused-ring (bicyclic) bond motifs is 5. The minimum atomic E-state index is -0.862. The molecule has 4 heterocycles. The van der Waals surface area contributed by atoms with E-state index in [1.807, 2.05) is 25.7 Å². The summed E-state index contributed by atoms with van der Waals surface area (Å²) < 4.78 is 40.9. The average Bonchev–Trinajstić information content (AvgIpc) is 2.91. The topological polar surface area (TPSA) is 67.8 Å². The van der Waals surface area contributed by atoms with Crippen LogP contribution in [0.4, 0.5) is 19.4 Å². The Hall–Kier alpha value is -1.94. The van der Waals surface area contributed by atoms with Crippen molar-refractivity contribution in [1.82, 2.24) is 14.9 Å². The minimum Gasteiger partial charge on any atom is -0.487 e. The van der Waals surface area contributed by atoms with Gasteiger partial charge in [0.1, 0.15) is 23.5 Å². The van der Waals surface area contributed by atoms with E-state index >= 15 is 0 Å². The van der Waals surface area contributed by atoms with Crippen LogP contribution < -0.4 is 9.64 Å². The third kappa shape index (κ3) is 3.21. The quantitative estimate of drug-likeness (QED) is 0.374. The van der Waals surface area contributed by atoms with Gasteiger partial charge >= 0.3 is 6.09 Å². The van der Waals surface area contributed by atoms with E-state index in [2.05, 4.69) is 25.9 Å². The van der Waals surface area contributed by atoms with E-state index in [0.29, 0.717) is 12.4 Å². The number of anilines is 1. The van der Waals surface area contributed by atoms with E-state index < -0.39 is 17.2 Å². The lowest BCUT2D eigenvalue weighted by Gasteiger charge is -2.46. The summed E-state index contributed by atoms with van der Waals surface area (Å²) in [6.07, 6.45) is 1.15. The Morgan fingerprint density at radius 3 is 2.68 bits per heavy atom. The number of amides is 1. The van der Waals surface area contributed by atoms with E-state index in [1.54, 1.807) is 4.90 Å². The van der Waals surface area contributed by atoms with Gasteiger partial charge in [-0.05, 0) is 61.1 Å².